The van der Waals surface area contributed by atoms with E-state index >= 15 is 0 Å². The largest absolute Gasteiger partial charge is 0.505 e. The van der Waals surface area contributed by atoms with Gasteiger partial charge in [0.05, 0.1) is 52.7 Å². The van der Waals surface area contributed by atoms with Crippen LogP contribution < -0.4 is 4.74 Å². The van der Waals surface area contributed by atoms with Crippen LogP contribution >= 0.6 is 0 Å². The lowest BCUT2D eigenvalue weighted by Gasteiger charge is -2.09. The zero-order valence-corrected chi connectivity index (χ0v) is 45.9. The van der Waals surface area contributed by atoms with Crippen LogP contribution in [0.25, 0.3) is 38.3 Å². The number of azo groups is 4. The number of hydrogen-bond donors (Lipinski definition) is 5. The molecule has 1 aromatic heterocycles. The van der Waals surface area contributed by atoms with Gasteiger partial charge in [0.15, 0.2) is 5.75 Å². The van der Waals surface area contributed by atoms with Gasteiger partial charge in [-0.25, -0.2) is 0 Å². The van der Waals surface area contributed by atoms with E-state index in [1.54, 1.807) is 73.7 Å². The molecule has 0 saturated heterocycles. The normalized spacial score (nSPS) is 12.1. The highest BCUT2D eigenvalue weighted by Gasteiger charge is 2.23. The van der Waals surface area contributed by atoms with E-state index < -0.39 is 68.0 Å². The fraction of sp³-hybridized carbons (Fsp3) is 0.0833. The summed E-state index contributed by atoms with van der Waals surface area (Å²) in [5.41, 5.74) is 5.06. The summed E-state index contributed by atoms with van der Waals surface area (Å²) in [5.74, 6) is 0.0168. The molecule has 82 heavy (non-hydrogen) atoms. The molecule has 0 aliphatic carbocycles. The van der Waals surface area contributed by atoms with Gasteiger partial charge in [0, 0.05) is 27.8 Å². The highest BCUT2D eigenvalue weighted by atomic mass is 32.2. The Balaban J connectivity index is 0.00000114. The molecule has 34 heteroatoms. The van der Waals surface area contributed by atoms with Crippen molar-refractivity contribution in [1.29, 1.82) is 0 Å². The van der Waals surface area contributed by atoms with Gasteiger partial charge in [-0.15, -0.1) is 50.8 Å². The minimum absolute atomic E-state index is 0.0123. The number of rotatable bonds is 14. The van der Waals surface area contributed by atoms with Gasteiger partial charge < -0.3 is 14.9 Å². The lowest BCUT2D eigenvalue weighted by molar-refractivity contribution is 0.282. The van der Waals surface area contributed by atoms with E-state index in [1.165, 1.54) is 60.4 Å². The Morgan fingerprint density at radius 3 is 1.62 bits per heavy atom. The van der Waals surface area contributed by atoms with E-state index in [4.69, 9.17) is 30.0 Å². The van der Waals surface area contributed by atoms with Crippen LogP contribution in [0.5, 0.6) is 11.5 Å². The first kappa shape index (κ1) is 60.3. The molecule has 29 nitrogen and oxygen atoms in total. The van der Waals surface area contributed by atoms with Crippen molar-refractivity contribution < 1.29 is 79.1 Å². The Morgan fingerprint density at radius 2 is 1.05 bits per heavy atom. The number of aromatic nitrogens is 3. The minimum atomic E-state index is -4.93. The third-order valence-electron chi connectivity index (χ3n) is 11.3. The van der Waals surface area contributed by atoms with Gasteiger partial charge in [-0.05, 0) is 127 Å². The van der Waals surface area contributed by atoms with Gasteiger partial charge >= 0.3 is 21.2 Å². The predicted octanol–water partition coefficient (Wildman–Crippen LogP) is 9.94. The number of methoxy groups -OCH3 is 1. The molecule has 0 amide bonds. The second-order valence-electron chi connectivity index (χ2n) is 16.6. The molecule has 0 aliphatic rings. The molecule has 5 N–H and O–H groups in total. The van der Waals surface area contributed by atoms with Crippen LogP contribution in [-0.2, 0) is 58.2 Å². The standard InChI is InChI=1S/C48H37N11O12S3.2O3S/c1-26-18-31(9-15-37(26)51-49-30-10-16-38(27(2)19-30)52-53-39-6-4-5-7-45(39)73(65,66)67)50-55-42-24-44(71-3)43(21-29(42)25-60)56-54-41-14-8-28-20-32(11-12-34(28)48(41)61)59-57-40-17-13-35-36(47(40)58-59)22-33(72(62,63)64)23-46(35)74(68,69)70;2*1-4(2)3/h4-24,60-61H,25H2,1-3H3,(H,62,63,64)(H,65,66,67)(H,68,69,70);;. The lowest BCUT2D eigenvalue weighted by Crippen LogP contribution is -2.04. The Bertz CT molecular complexity index is 4730. The number of nitrogens with zero attached hydrogens (tertiary/aromatic N) is 11. The van der Waals surface area contributed by atoms with E-state index in [2.05, 4.69) is 51.1 Å². The summed E-state index contributed by atoms with van der Waals surface area (Å²) in [5, 5.41) is 65.5. The van der Waals surface area contributed by atoms with Crippen molar-refractivity contribution in [2.75, 3.05) is 7.11 Å². The average molecular weight is 1220 g/mol. The minimum Gasteiger partial charge on any atom is -0.505 e. The van der Waals surface area contributed by atoms with Crippen molar-refractivity contribution in [3.05, 3.63) is 144 Å². The highest BCUT2D eigenvalue weighted by molar-refractivity contribution is 7.87. The van der Waals surface area contributed by atoms with Gasteiger partial charge in [0.2, 0.25) is 0 Å². The number of ether oxygens (including phenoxy) is 1. The quantitative estimate of drug-likeness (QED) is 0.0499. The maximum atomic E-state index is 12.2. The molecule has 0 atom stereocenters. The van der Waals surface area contributed by atoms with Crippen LogP contribution in [0, 0.1) is 13.8 Å². The van der Waals surface area contributed by atoms with Crippen molar-refractivity contribution in [3.8, 4) is 17.2 Å². The zero-order chi connectivity index (χ0) is 59.8. The Kier molecular flexibility index (Phi) is 18.3. The lowest BCUT2D eigenvalue weighted by atomic mass is 10.1. The molecule has 0 fully saturated rings. The number of hydrogen-bond acceptors (Lipinski definition) is 25. The van der Waals surface area contributed by atoms with Crippen molar-refractivity contribution in [2.24, 2.45) is 40.9 Å². The zero-order valence-electron chi connectivity index (χ0n) is 41.8. The summed E-state index contributed by atoms with van der Waals surface area (Å²) in [6.07, 6.45) is 0. The number of aliphatic hydroxyl groups is 1. The first-order valence-electron chi connectivity index (χ1n) is 22.5. The van der Waals surface area contributed by atoms with Crippen LogP contribution in [-0.4, -0.2) is 96.5 Å². The number of aliphatic hydroxyl groups excluding tert-OH is 1. The summed E-state index contributed by atoms with van der Waals surface area (Å²) in [7, 11) is -19.1. The molecule has 422 valence electrons. The molecule has 8 aromatic carbocycles. The third-order valence-corrected chi connectivity index (χ3v) is 13.9. The van der Waals surface area contributed by atoms with Crippen molar-refractivity contribution >= 4 is 130 Å². The maximum absolute atomic E-state index is 12.2. The Morgan fingerprint density at radius 1 is 0.512 bits per heavy atom. The van der Waals surface area contributed by atoms with Crippen molar-refractivity contribution in [1.82, 2.24) is 15.0 Å². The van der Waals surface area contributed by atoms with Crippen LogP contribution in [0.3, 0.4) is 0 Å². The molecule has 1 heterocycles. The van der Waals surface area contributed by atoms with E-state index in [1.807, 2.05) is 6.92 Å². The van der Waals surface area contributed by atoms with Gasteiger partial charge in [-0.1, -0.05) is 24.3 Å². The number of phenols is 1. The van der Waals surface area contributed by atoms with Crippen LogP contribution in [0.1, 0.15) is 16.7 Å². The van der Waals surface area contributed by atoms with E-state index in [0.29, 0.717) is 56.4 Å². The molecule has 0 unspecified atom stereocenters. The fourth-order valence-electron chi connectivity index (χ4n) is 7.61. The SMILES string of the molecule is COc1cc(N=Nc2ccc(N=Nc3ccc(N=Nc4ccccc4S(=O)(=O)O)c(C)c3)c(C)c2)c(CO)cc1N=Nc1ccc2cc(-n3nc4ccc5c(S(=O)(=O)O)cc(S(=O)(=O)O)cc5c4n3)ccc2c1O.O=S(=O)=O.O=S(=O)=O. The first-order valence-corrected chi connectivity index (χ1v) is 28.8. The average Bonchev–Trinajstić information content (AvgIpc) is 4.08. The van der Waals surface area contributed by atoms with Gasteiger partial charge in [-0.2, -0.15) is 55.6 Å². The Hall–Kier alpha value is -9.39. The summed E-state index contributed by atoms with van der Waals surface area (Å²) in [4.78, 5) is -0.661. The van der Waals surface area contributed by atoms with E-state index in [-0.39, 0.29) is 60.9 Å². The Labute approximate surface area is 465 Å². The summed E-state index contributed by atoms with van der Waals surface area (Å²) in [6.45, 7) is 3.16. The second-order valence-corrected chi connectivity index (χ2v) is 21.6. The number of aromatic hydroxyl groups is 1. The molecule has 0 spiro atoms. The van der Waals surface area contributed by atoms with Crippen molar-refractivity contribution in [3.63, 3.8) is 0 Å². The van der Waals surface area contributed by atoms with Crippen molar-refractivity contribution in [2.45, 2.75) is 35.1 Å². The monoisotopic (exact) mass is 1220 g/mol. The second kappa shape index (κ2) is 25.0. The number of aryl methyl sites for hydroxylation is 2. The molecule has 9 rings (SSSR count). The van der Waals surface area contributed by atoms with Crippen LogP contribution in [0.15, 0.2) is 183 Å². The first-order chi connectivity index (χ1) is 38.6. The van der Waals surface area contributed by atoms with Crippen LogP contribution in [0.4, 0.5) is 45.5 Å². The van der Waals surface area contributed by atoms with E-state index in [9.17, 15) is 49.1 Å². The molecule has 0 aliphatic heterocycles. The molecule has 0 saturated carbocycles. The third kappa shape index (κ3) is 14.7. The number of benzene rings is 8. The maximum Gasteiger partial charge on any atom is 0.425 e. The molecular weight excluding hydrogens is 1180 g/mol. The van der Waals surface area contributed by atoms with Gasteiger partial charge in [-0.3, -0.25) is 13.7 Å². The van der Waals surface area contributed by atoms with Crippen LogP contribution in [0.2, 0.25) is 0 Å². The molecule has 0 radical (unpaired) electrons. The van der Waals surface area contributed by atoms with E-state index in [0.717, 1.165) is 11.6 Å². The van der Waals surface area contributed by atoms with Gasteiger partial charge in [0.1, 0.15) is 43.6 Å². The highest BCUT2D eigenvalue weighted by Crippen LogP contribution is 2.41. The smallest absolute Gasteiger partial charge is 0.425 e. The predicted molar refractivity (Wildman–Crippen MR) is 289 cm³/mol. The molecule has 0 bridgehead atoms. The topological polar surface area (TPSA) is 445 Å². The number of fused-ring (bicyclic) bond motifs is 4. The summed E-state index contributed by atoms with van der Waals surface area (Å²) in [6, 6.07) is 31.4. The number of phenolic OH excluding ortho intramolecular Hbond substituents is 1. The van der Waals surface area contributed by atoms with Gasteiger partial charge in [0.25, 0.3) is 30.4 Å². The summed E-state index contributed by atoms with van der Waals surface area (Å²) < 4.78 is 157. The summed E-state index contributed by atoms with van der Waals surface area (Å²) >= 11 is 0. The fourth-order valence-corrected chi connectivity index (χ4v) is 9.58. The molecule has 9 aromatic rings. The molecular formula is C48H37N11O18S5.